The fraction of sp³-hybridized carbons (Fsp3) is 0.222. The molecule has 1 aromatic rings. The lowest BCUT2D eigenvalue weighted by Crippen LogP contribution is -2.25. The van der Waals surface area contributed by atoms with E-state index in [0.717, 1.165) is 11.3 Å². The average Bonchev–Trinajstić information content (AvgIpc) is 2.67. The predicted molar refractivity (Wildman–Crippen MR) is 63.6 cm³/mol. The molecule has 16 heavy (non-hydrogen) atoms. The van der Waals surface area contributed by atoms with E-state index >= 15 is 0 Å². The quantitative estimate of drug-likeness (QED) is 0.372. The number of hydrogen-bond donors (Lipinski definition) is 0. The normalized spacial score (nSPS) is 11.2. The summed E-state index contributed by atoms with van der Waals surface area (Å²) in [6.45, 7) is 0. The zero-order valence-corrected chi connectivity index (χ0v) is 10.8. The SMILES string of the molecule is O=C(CC(=O)C(Cl)(Cl)Cl)C(=O)c1cccs1. The van der Waals surface area contributed by atoms with Crippen LogP contribution in [0.15, 0.2) is 17.5 Å². The van der Waals surface area contributed by atoms with Crippen LogP contribution in [0.4, 0.5) is 0 Å². The van der Waals surface area contributed by atoms with Gasteiger partial charge in [0.15, 0.2) is 5.78 Å². The molecule has 3 nitrogen and oxygen atoms in total. The fourth-order valence-corrected chi connectivity index (χ4v) is 1.75. The van der Waals surface area contributed by atoms with E-state index in [2.05, 4.69) is 0 Å². The Balaban J connectivity index is 2.68. The Morgan fingerprint density at radius 3 is 2.31 bits per heavy atom. The van der Waals surface area contributed by atoms with E-state index in [-0.39, 0.29) is 4.88 Å². The Hall–Kier alpha value is -0.420. The molecule has 0 amide bonds. The van der Waals surface area contributed by atoms with Crippen molar-refractivity contribution in [1.82, 2.24) is 0 Å². The van der Waals surface area contributed by atoms with Crippen LogP contribution in [0.1, 0.15) is 16.1 Å². The van der Waals surface area contributed by atoms with E-state index in [9.17, 15) is 14.4 Å². The minimum atomic E-state index is -2.16. The highest BCUT2D eigenvalue weighted by Gasteiger charge is 2.33. The summed E-state index contributed by atoms with van der Waals surface area (Å²) in [5, 5.41) is 1.65. The lowest BCUT2D eigenvalue weighted by Gasteiger charge is -2.07. The van der Waals surface area contributed by atoms with Crippen LogP contribution in [0.2, 0.25) is 0 Å². The molecule has 0 saturated carbocycles. The van der Waals surface area contributed by atoms with Crippen molar-refractivity contribution in [3.8, 4) is 0 Å². The summed E-state index contributed by atoms with van der Waals surface area (Å²) in [5.41, 5.74) is 0. The third kappa shape index (κ3) is 3.56. The molecule has 1 rings (SSSR count). The van der Waals surface area contributed by atoms with E-state index in [0.29, 0.717) is 0 Å². The number of Topliss-reactive ketones (excluding diaryl/α,β-unsaturated/α-hetero) is 3. The van der Waals surface area contributed by atoms with Gasteiger partial charge >= 0.3 is 0 Å². The van der Waals surface area contributed by atoms with Crippen molar-refractivity contribution in [1.29, 1.82) is 0 Å². The van der Waals surface area contributed by atoms with Gasteiger partial charge in [-0.3, -0.25) is 14.4 Å². The van der Waals surface area contributed by atoms with Crippen LogP contribution in [-0.2, 0) is 9.59 Å². The first-order valence-corrected chi connectivity index (χ1v) is 6.05. The molecule has 0 atom stereocenters. The van der Waals surface area contributed by atoms with Gasteiger partial charge in [0, 0.05) is 0 Å². The van der Waals surface area contributed by atoms with Gasteiger partial charge in [0.2, 0.25) is 15.4 Å². The lowest BCUT2D eigenvalue weighted by atomic mass is 10.1. The maximum atomic E-state index is 11.4. The van der Waals surface area contributed by atoms with Crippen LogP contribution >= 0.6 is 46.1 Å². The van der Waals surface area contributed by atoms with Crippen LogP contribution in [0.25, 0.3) is 0 Å². The summed E-state index contributed by atoms with van der Waals surface area (Å²) in [6.07, 6.45) is -0.701. The first-order chi connectivity index (χ1) is 7.32. The van der Waals surface area contributed by atoms with Gasteiger partial charge in [-0.05, 0) is 11.4 Å². The van der Waals surface area contributed by atoms with Gasteiger partial charge in [0.1, 0.15) is 0 Å². The second-order valence-corrected chi connectivity index (χ2v) is 6.06. The number of thiophene rings is 1. The minimum absolute atomic E-state index is 0.266. The van der Waals surface area contributed by atoms with Gasteiger partial charge in [-0.25, -0.2) is 0 Å². The summed E-state index contributed by atoms with van der Waals surface area (Å²) in [4.78, 5) is 34.3. The molecule has 0 N–H and O–H groups in total. The van der Waals surface area contributed by atoms with Crippen LogP contribution in [0.5, 0.6) is 0 Å². The number of halogens is 3. The Kier molecular flexibility index (Phi) is 4.50. The van der Waals surface area contributed by atoms with Gasteiger partial charge in [0.05, 0.1) is 11.3 Å². The van der Waals surface area contributed by atoms with Crippen molar-refractivity contribution in [2.75, 3.05) is 0 Å². The van der Waals surface area contributed by atoms with Crippen molar-refractivity contribution in [2.45, 2.75) is 10.2 Å². The highest BCUT2D eigenvalue weighted by Crippen LogP contribution is 2.28. The van der Waals surface area contributed by atoms with Crippen LogP contribution < -0.4 is 0 Å². The Morgan fingerprint density at radius 1 is 1.25 bits per heavy atom. The summed E-state index contributed by atoms with van der Waals surface area (Å²) >= 11 is 16.9. The molecule has 0 unspecified atom stereocenters. The van der Waals surface area contributed by atoms with Crippen molar-refractivity contribution in [3.05, 3.63) is 22.4 Å². The van der Waals surface area contributed by atoms with E-state index in [4.69, 9.17) is 34.8 Å². The summed E-state index contributed by atoms with van der Waals surface area (Å²) in [5.74, 6) is -2.52. The zero-order chi connectivity index (χ0) is 12.3. The lowest BCUT2D eigenvalue weighted by molar-refractivity contribution is -0.124. The molecule has 0 aliphatic carbocycles. The minimum Gasteiger partial charge on any atom is -0.294 e. The Morgan fingerprint density at radius 2 is 1.88 bits per heavy atom. The number of rotatable bonds is 4. The molecule has 0 aliphatic heterocycles. The highest BCUT2D eigenvalue weighted by atomic mass is 35.6. The molecule has 1 aromatic heterocycles. The standard InChI is InChI=1S/C9H5Cl3O3S/c10-9(11,12)7(14)4-5(13)8(15)6-2-1-3-16-6/h1-3H,4H2. The maximum absolute atomic E-state index is 11.4. The third-order valence-electron chi connectivity index (χ3n) is 1.64. The predicted octanol–water partition coefficient (Wildman–Crippen LogP) is 2.83. The highest BCUT2D eigenvalue weighted by molar-refractivity contribution is 7.13. The molecule has 0 fully saturated rings. The van der Waals surface area contributed by atoms with E-state index in [1.807, 2.05) is 0 Å². The Bertz CT molecular complexity index is 420. The number of ketones is 3. The summed E-state index contributed by atoms with van der Waals surface area (Å²) in [6, 6.07) is 3.12. The second-order valence-electron chi connectivity index (χ2n) is 2.83. The zero-order valence-electron chi connectivity index (χ0n) is 7.71. The molecule has 1 heterocycles. The molecule has 0 saturated heterocycles. The van der Waals surface area contributed by atoms with E-state index in [1.165, 1.54) is 6.07 Å². The molecular formula is C9H5Cl3O3S. The van der Waals surface area contributed by atoms with Gasteiger partial charge in [-0.15, -0.1) is 11.3 Å². The summed E-state index contributed by atoms with van der Waals surface area (Å²) < 4.78 is -2.16. The Labute approximate surface area is 110 Å². The van der Waals surface area contributed by atoms with Gasteiger partial charge in [-0.2, -0.15) is 0 Å². The number of alkyl halides is 3. The first kappa shape index (κ1) is 13.6. The van der Waals surface area contributed by atoms with Crippen molar-refractivity contribution >= 4 is 63.5 Å². The number of carbonyl (C=O) groups excluding carboxylic acids is 3. The van der Waals surface area contributed by atoms with Crippen LogP contribution in [0.3, 0.4) is 0 Å². The largest absolute Gasteiger partial charge is 0.294 e. The van der Waals surface area contributed by atoms with Crippen molar-refractivity contribution < 1.29 is 14.4 Å². The van der Waals surface area contributed by atoms with Gasteiger partial charge < -0.3 is 0 Å². The molecule has 7 heteroatoms. The number of hydrogen-bond acceptors (Lipinski definition) is 4. The van der Waals surface area contributed by atoms with Gasteiger partial charge in [0.25, 0.3) is 0 Å². The molecule has 0 bridgehead atoms. The molecule has 0 aromatic carbocycles. The summed E-state index contributed by atoms with van der Waals surface area (Å²) in [7, 11) is 0. The molecule has 0 radical (unpaired) electrons. The fourth-order valence-electron chi connectivity index (χ4n) is 0.871. The van der Waals surface area contributed by atoms with Crippen molar-refractivity contribution in [2.24, 2.45) is 0 Å². The average molecular weight is 300 g/mol. The van der Waals surface area contributed by atoms with Crippen LogP contribution in [-0.4, -0.2) is 21.1 Å². The van der Waals surface area contributed by atoms with Gasteiger partial charge in [-0.1, -0.05) is 40.9 Å². The first-order valence-electron chi connectivity index (χ1n) is 4.03. The van der Waals surface area contributed by atoms with Crippen LogP contribution in [0, 0.1) is 0 Å². The maximum Gasteiger partial charge on any atom is 0.249 e. The van der Waals surface area contributed by atoms with E-state index < -0.39 is 27.6 Å². The second kappa shape index (κ2) is 5.27. The monoisotopic (exact) mass is 298 g/mol. The smallest absolute Gasteiger partial charge is 0.249 e. The molecule has 0 aliphatic rings. The third-order valence-corrected chi connectivity index (χ3v) is 3.14. The molecular weight excluding hydrogens is 295 g/mol. The topological polar surface area (TPSA) is 51.2 Å². The van der Waals surface area contributed by atoms with E-state index in [1.54, 1.807) is 11.4 Å². The molecule has 86 valence electrons. The molecule has 0 spiro atoms. The number of carbonyl (C=O) groups is 3. The van der Waals surface area contributed by atoms with Crippen molar-refractivity contribution in [3.63, 3.8) is 0 Å².